The molecule has 1 atom stereocenters. The molecule has 5 heteroatoms. The topological polar surface area (TPSA) is 12.0 Å². The second kappa shape index (κ2) is 7.59. The molecule has 21 heavy (non-hydrogen) atoms. The lowest BCUT2D eigenvalue weighted by atomic mass is 9.98. The first-order chi connectivity index (χ1) is 10.0. The maximum atomic E-state index is 14.3. The number of halogens is 4. The van der Waals surface area contributed by atoms with Crippen LogP contribution in [0.3, 0.4) is 0 Å². The van der Waals surface area contributed by atoms with Crippen molar-refractivity contribution < 1.29 is 4.39 Å². The third kappa shape index (κ3) is 3.98. The quantitative estimate of drug-likeness (QED) is 0.661. The molecule has 0 saturated heterocycles. The second-order valence-corrected chi connectivity index (χ2v) is 6.36. The van der Waals surface area contributed by atoms with Crippen LogP contribution in [0.25, 0.3) is 0 Å². The molecule has 0 heterocycles. The van der Waals surface area contributed by atoms with Crippen LogP contribution in [0.1, 0.15) is 30.5 Å². The van der Waals surface area contributed by atoms with Crippen molar-refractivity contribution in [1.82, 2.24) is 5.32 Å². The molecular formula is C16H15BrCl2FN. The van der Waals surface area contributed by atoms with Gasteiger partial charge in [0.2, 0.25) is 0 Å². The van der Waals surface area contributed by atoms with Gasteiger partial charge in [-0.15, -0.1) is 0 Å². The van der Waals surface area contributed by atoms with E-state index in [9.17, 15) is 4.39 Å². The molecule has 0 aliphatic carbocycles. The van der Waals surface area contributed by atoms with Crippen LogP contribution in [0.4, 0.5) is 4.39 Å². The zero-order valence-corrected chi connectivity index (χ0v) is 14.6. The number of nitrogens with one attached hydrogen (secondary N) is 1. The van der Waals surface area contributed by atoms with Gasteiger partial charge in [-0.1, -0.05) is 58.2 Å². The predicted molar refractivity (Wildman–Crippen MR) is 90.7 cm³/mol. The first kappa shape index (κ1) is 16.8. The van der Waals surface area contributed by atoms with E-state index in [1.165, 1.54) is 6.07 Å². The molecule has 0 aliphatic heterocycles. The summed E-state index contributed by atoms with van der Waals surface area (Å²) in [6, 6.07) is 10.0. The smallest absolute Gasteiger partial charge is 0.129 e. The average molecular weight is 391 g/mol. The maximum Gasteiger partial charge on any atom is 0.129 e. The highest BCUT2D eigenvalue weighted by Gasteiger charge is 2.20. The van der Waals surface area contributed by atoms with Crippen LogP contribution in [-0.2, 0) is 0 Å². The third-order valence-electron chi connectivity index (χ3n) is 3.16. The predicted octanol–water partition coefficient (Wildman–Crippen LogP) is 5.98. The Morgan fingerprint density at radius 3 is 2.57 bits per heavy atom. The first-order valence-electron chi connectivity index (χ1n) is 6.66. The molecule has 0 aliphatic rings. The Bertz CT molecular complexity index is 613. The lowest BCUT2D eigenvalue weighted by molar-refractivity contribution is 0.544. The monoisotopic (exact) mass is 389 g/mol. The molecule has 0 bridgehead atoms. The lowest BCUT2D eigenvalue weighted by Crippen LogP contribution is -2.24. The molecule has 1 N–H and O–H groups in total. The second-order valence-electron chi connectivity index (χ2n) is 4.70. The van der Waals surface area contributed by atoms with Crippen molar-refractivity contribution in [3.8, 4) is 0 Å². The number of benzene rings is 2. The van der Waals surface area contributed by atoms with Gasteiger partial charge in [0, 0.05) is 10.0 Å². The summed E-state index contributed by atoms with van der Waals surface area (Å²) in [6.45, 7) is 2.83. The zero-order chi connectivity index (χ0) is 15.4. The molecular weight excluding hydrogens is 376 g/mol. The number of hydrogen-bond acceptors (Lipinski definition) is 1. The third-order valence-corrected chi connectivity index (χ3v) is 4.59. The van der Waals surface area contributed by atoms with Crippen LogP contribution >= 0.6 is 39.1 Å². The summed E-state index contributed by atoms with van der Waals surface area (Å²) in [4.78, 5) is 0. The lowest BCUT2D eigenvalue weighted by Gasteiger charge is -2.22. The van der Waals surface area contributed by atoms with Gasteiger partial charge in [0.25, 0.3) is 0 Å². The molecule has 0 spiro atoms. The van der Waals surface area contributed by atoms with E-state index in [0.29, 0.717) is 15.6 Å². The summed E-state index contributed by atoms with van der Waals surface area (Å²) in [5.41, 5.74) is 1.45. The van der Waals surface area contributed by atoms with Gasteiger partial charge in [0.05, 0.1) is 16.1 Å². The molecule has 0 radical (unpaired) electrons. The summed E-state index contributed by atoms with van der Waals surface area (Å²) in [6.07, 6.45) is 0.948. The first-order valence-corrected chi connectivity index (χ1v) is 8.21. The van der Waals surface area contributed by atoms with Crippen molar-refractivity contribution >= 4 is 39.1 Å². The minimum atomic E-state index is -0.282. The van der Waals surface area contributed by atoms with Gasteiger partial charge < -0.3 is 5.32 Å². The number of hydrogen-bond donors (Lipinski definition) is 1. The highest BCUT2D eigenvalue weighted by Crippen LogP contribution is 2.33. The molecule has 0 saturated carbocycles. The van der Waals surface area contributed by atoms with E-state index in [1.54, 1.807) is 18.2 Å². The molecule has 0 aromatic heterocycles. The van der Waals surface area contributed by atoms with Crippen LogP contribution in [0.5, 0.6) is 0 Å². The molecule has 112 valence electrons. The van der Waals surface area contributed by atoms with Gasteiger partial charge in [-0.3, -0.25) is 0 Å². The van der Waals surface area contributed by atoms with Gasteiger partial charge in [0.1, 0.15) is 5.82 Å². The Kier molecular flexibility index (Phi) is 6.06. The average Bonchev–Trinajstić information content (AvgIpc) is 2.45. The maximum absolute atomic E-state index is 14.3. The fourth-order valence-corrected chi connectivity index (χ4v) is 3.03. The van der Waals surface area contributed by atoms with E-state index in [0.717, 1.165) is 23.0 Å². The highest BCUT2D eigenvalue weighted by atomic mass is 79.9. The Morgan fingerprint density at radius 2 is 1.95 bits per heavy atom. The van der Waals surface area contributed by atoms with Crippen molar-refractivity contribution in [2.45, 2.75) is 19.4 Å². The Labute approximate surface area is 142 Å². The van der Waals surface area contributed by atoms with Crippen molar-refractivity contribution in [2.75, 3.05) is 6.54 Å². The van der Waals surface area contributed by atoms with Crippen molar-refractivity contribution in [3.63, 3.8) is 0 Å². The number of rotatable bonds is 5. The van der Waals surface area contributed by atoms with Crippen LogP contribution in [0, 0.1) is 5.82 Å². The van der Waals surface area contributed by atoms with E-state index >= 15 is 0 Å². The molecule has 1 nitrogen and oxygen atoms in total. The summed E-state index contributed by atoms with van der Waals surface area (Å²) < 4.78 is 15.0. The van der Waals surface area contributed by atoms with Crippen molar-refractivity contribution in [1.29, 1.82) is 0 Å². The van der Waals surface area contributed by atoms with Crippen LogP contribution < -0.4 is 5.32 Å². The minimum absolute atomic E-state index is 0.260. The fourth-order valence-electron chi connectivity index (χ4n) is 2.15. The molecule has 2 aromatic carbocycles. The largest absolute Gasteiger partial charge is 0.306 e. The summed E-state index contributed by atoms with van der Waals surface area (Å²) in [7, 11) is 0. The highest BCUT2D eigenvalue weighted by molar-refractivity contribution is 9.10. The summed E-state index contributed by atoms with van der Waals surface area (Å²) in [5, 5.41) is 4.31. The van der Waals surface area contributed by atoms with E-state index in [-0.39, 0.29) is 11.9 Å². The van der Waals surface area contributed by atoms with Crippen LogP contribution in [-0.4, -0.2) is 6.54 Å². The molecule has 0 amide bonds. The SMILES string of the molecule is CCCNC(c1ccc(Cl)c(Cl)c1)c1c(F)cccc1Br. The minimum Gasteiger partial charge on any atom is -0.306 e. The van der Waals surface area contributed by atoms with Crippen molar-refractivity contribution in [2.24, 2.45) is 0 Å². The Morgan fingerprint density at radius 1 is 1.19 bits per heavy atom. The molecule has 0 fully saturated rings. The molecule has 2 aromatic rings. The van der Waals surface area contributed by atoms with E-state index in [4.69, 9.17) is 23.2 Å². The summed E-state index contributed by atoms with van der Waals surface area (Å²) in [5.74, 6) is -0.260. The Hall–Kier alpha value is -0.610. The fraction of sp³-hybridized carbons (Fsp3) is 0.250. The van der Waals surface area contributed by atoms with Gasteiger partial charge in [0.15, 0.2) is 0 Å². The normalized spacial score (nSPS) is 12.4. The van der Waals surface area contributed by atoms with E-state index < -0.39 is 0 Å². The standard InChI is InChI=1S/C16H15BrCl2FN/c1-2-8-21-16(10-6-7-12(18)13(19)9-10)15-11(17)4-3-5-14(15)20/h3-7,9,16,21H,2,8H2,1H3. The van der Waals surface area contributed by atoms with Gasteiger partial charge in [-0.25, -0.2) is 4.39 Å². The van der Waals surface area contributed by atoms with Crippen LogP contribution in [0.15, 0.2) is 40.9 Å². The van der Waals surface area contributed by atoms with Crippen LogP contribution in [0.2, 0.25) is 10.0 Å². The molecule has 1 unspecified atom stereocenters. The van der Waals surface area contributed by atoms with E-state index in [1.807, 2.05) is 12.1 Å². The van der Waals surface area contributed by atoms with Gasteiger partial charge in [-0.2, -0.15) is 0 Å². The Balaban J connectivity index is 2.49. The zero-order valence-electron chi connectivity index (χ0n) is 11.5. The van der Waals surface area contributed by atoms with Crippen molar-refractivity contribution in [3.05, 3.63) is 67.9 Å². The van der Waals surface area contributed by atoms with Gasteiger partial charge >= 0.3 is 0 Å². The summed E-state index contributed by atoms with van der Waals surface area (Å²) >= 11 is 15.5. The van der Waals surface area contributed by atoms with Gasteiger partial charge in [-0.05, 0) is 42.8 Å². The molecule has 2 rings (SSSR count). The van der Waals surface area contributed by atoms with E-state index in [2.05, 4.69) is 28.2 Å².